The molecule has 2 aromatic heterocycles. The van der Waals surface area contributed by atoms with E-state index in [2.05, 4.69) is 15.1 Å². The van der Waals surface area contributed by atoms with Gasteiger partial charge in [0.25, 0.3) is 11.8 Å². The highest BCUT2D eigenvalue weighted by Crippen LogP contribution is 2.29. The van der Waals surface area contributed by atoms with E-state index >= 15 is 0 Å². The van der Waals surface area contributed by atoms with Crippen LogP contribution in [0.1, 0.15) is 10.7 Å². The molecule has 0 atom stereocenters. The Bertz CT molecular complexity index is 490. The Morgan fingerprint density at radius 2 is 2.12 bits per heavy atom. The summed E-state index contributed by atoms with van der Waals surface area (Å²) in [5.74, 6) is 1.05. The third-order valence-electron chi connectivity index (χ3n) is 2.03. The summed E-state index contributed by atoms with van der Waals surface area (Å²) in [7, 11) is 3.72. The molecule has 0 spiro atoms. The van der Waals surface area contributed by atoms with Crippen LogP contribution < -0.4 is 10.6 Å². The van der Waals surface area contributed by atoms with Crippen LogP contribution in [0.15, 0.2) is 4.52 Å². The quantitative estimate of drug-likeness (QED) is 0.861. The molecule has 2 N–H and O–H groups in total. The summed E-state index contributed by atoms with van der Waals surface area (Å²) >= 11 is 1.49. The van der Waals surface area contributed by atoms with E-state index in [1.54, 1.807) is 4.90 Å². The van der Waals surface area contributed by atoms with E-state index in [9.17, 15) is 0 Å². The summed E-state index contributed by atoms with van der Waals surface area (Å²) in [5.41, 5.74) is 6.41. The fourth-order valence-electron chi connectivity index (χ4n) is 1.23. The topological polar surface area (TPSA) is 81.1 Å². The van der Waals surface area contributed by atoms with Crippen molar-refractivity contribution in [3.05, 3.63) is 10.7 Å². The SMILES string of the molecule is Cc1nc(CN)sc1-c1nc(N(C)C)no1. The van der Waals surface area contributed by atoms with Gasteiger partial charge in [-0.25, -0.2) is 4.98 Å². The van der Waals surface area contributed by atoms with Gasteiger partial charge in [-0.05, 0) is 12.1 Å². The lowest BCUT2D eigenvalue weighted by Crippen LogP contribution is -2.09. The van der Waals surface area contributed by atoms with E-state index in [1.165, 1.54) is 11.3 Å². The number of nitrogens with zero attached hydrogens (tertiary/aromatic N) is 4. The van der Waals surface area contributed by atoms with Crippen LogP contribution in [0.5, 0.6) is 0 Å². The van der Waals surface area contributed by atoms with Crippen molar-refractivity contribution < 1.29 is 4.52 Å². The molecule has 2 heterocycles. The van der Waals surface area contributed by atoms with Gasteiger partial charge >= 0.3 is 0 Å². The molecule has 0 radical (unpaired) electrons. The number of anilines is 1. The summed E-state index contributed by atoms with van der Waals surface area (Å²) in [6, 6.07) is 0. The zero-order chi connectivity index (χ0) is 11.7. The maximum atomic E-state index is 5.54. The van der Waals surface area contributed by atoms with Gasteiger partial charge in [0.15, 0.2) is 0 Å². The lowest BCUT2D eigenvalue weighted by Gasteiger charge is -2.02. The van der Waals surface area contributed by atoms with Crippen molar-refractivity contribution in [3.8, 4) is 10.8 Å². The van der Waals surface area contributed by atoms with Crippen LogP contribution in [0.25, 0.3) is 10.8 Å². The molecule has 0 unspecified atom stereocenters. The Morgan fingerprint density at radius 1 is 1.38 bits per heavy atom. The third-order valence-corrected chi connectivity index (χ3v) is 3.19. The number of thiazole rings is 1. The monoisotopic (exact) mass is 239 g/mol. The summed E-state index contributed by atoms with van der Waals surface area (Å²) in [6.07, 6.45) is 0. The van der Waals surface area contributed by atoms with Crippen LogP contribution in [0.3, 0.4) is 0 Å². The van der Waals surface area contributed by atoms with Crippen molar-refractivity contribution in [2.75, 3.05) is 19.0 Å². The Kier molecular flexibility index (Phi) is 2.88. The maximum absolute atomic E-state index is 5.54. The standard InChI is InChI=1S/C9H13N5OS/c1-5-7(16-6(4-10)11-5)8-12-9(13-15-8)14(2)3/h4,10H2,1-3H3. The van der Waals surface area contributed by atoms with Crippen LogP contribution >= 0.6 is 11.3 Å². The molecule has 6 nitrogen and oxygen atoms in total. The fourth-order valence-corrected chi connectivity index (χ4v) is 2.09. The molecule has 7 heteroatoms. The van der Waals surface area contributed by atoms with Crippen molar-refractivity contribution in [2.45, 2.75) is 13.5 Å². The number of aryl methyl sites for hydroxylation is 1. The van der Waals surface area contributed by atoms with E-state index in [0.29, 0.717) is 18.4 Å². The molecule has 0 aliphatic rings. The van der Waals surface area contributed by atoms with Crippen molar-refractivity contribution in [1.82, 2.24) is 15.1 Å². The number of hydrogen-bond acceptors (Lipinski definition) is 7. The Balaban J connectivity index is 2.38. The lowest BCUT2D eigenvalue weighted by molar-refractivity contribution is 0.431. The first-order valence-corrected chi connectivity index (χ1v) is 5.61. The normalized spacial score (nSPS) is 10.8. The second-order valence-electron chi connectivity index (χ2n) is 3.52. The second-order valence-corrected chi connectivity index (χ2v) is 4.60. The summed E-state index contributed by atoms with van der Waals surface area (Å²) in [6.45, 7) is 2.34. The summed E-state index contributed by atoms with van der Waals surface area (Å²) in [5, 5.41) is 4.73. The van der Waals surface area contributed by atoms with Crippen molar-refractivity contribution >= 4 is 17.3 Å². The van der Waals surface area contributed by atoms with Crippen molar-refractivity contribution in [1.29, 1.82) is 0 Å². The molecule has 0 aromatic carbocycles. The fraction of sp³-hybridized carbons (Fsp3) is 0.444. The van der Waals surface area contributed by atoms with Crippen molar-refractivity contribution in [2.24, 2.45) is 5.73 Å². The van der Waals surface area contributed by atoms with E-state index in [1.807, 2.05) is 21.0 Å². The summed E-state index contributed by atoms with van der Waals surface area (Å²) in [4.78, 5) is 11.3. The molecule has 0 fully saturated rings. The molecule has 0 saturated heterocycles. The Labute approximate surface area is 97.1 Å². The van der Waals surface area contributed by atoms with Gasteiger partial charge in [-0.15, -0.1) is 11.3 Å². The van der Waals surface area contributed by atoms with E-state index in [0.717, 1.165) is 15.6 Å². The molecule has 2 rings (SSSR count). The third kappa shape index (κ3) is 1.91. The van der Waals surface area contributed by atoms with Crippen LogP contribution in [0.4, 0.5) is 5.95 Å². The van der Waals surface area contributed by atoms with Gasteiger partial charge in [0.05, 0.1) is 5.69 Å². The first kappa shape index (κ1) is 11.0. The highest BCUT2D eigenvalue weighted by Gasteiger charge is 2.16. The molecule has 16 heavy (non-hydrogen) atoms. The number of rotatable bonds is 3. The zero-order valence-electron chi connectivity index (χ0n) is 9.39. The van der Waals surface area contributed by atoms with E-state index in [-0.39, 0.29) is 0 Å². The highest BCUT2D eigenvalue weighted by atomic mass is 32.1. The van der Waals surface area contributed by atoms with Gasteiger partial charge in [0.2, 0.25) is 0 Å². The average molecular weight is 239 g/mol. The predicted octanol–water partition coefficient (Wildman–Crippen LogP) is 1.03. The van der Waals surface area contributed by atoms with Gasteiger partial charge in [-0.2, -0.15) is 4.98 Å². The van der Waals surface area contributed by atoms with E-state index in [4.69, 9.17) is 10.3 Å². The molecule has 0 aliphatic carbocycles. The molecule has 0 aliphatic heterocycles. The second kappa shape index (κ2) is 4.18. The lowest BCUT2D eigenvalue weighted by atomic mass is 10.4. The molecule has 86 valence electrons. The molecule has 0 amide bonds. The van der Waals surface area contributed by atoms with Gasteiger partial charge in [0, 0.05) is 20.6 Å². The van der Waals surface area contributed by atoms with Gasteiger partial charge in [-0.3, -0.25) is 0 Å². The molecule has 2 aromatic rings. The minimum Gasteiger partial charge on any atom is -0.344 e. The number of hydrogen-bond donors (Lipinski definition) is 1. The average Bonchev–Trinajstić information content (AvgIpc) is 2.83. The molecular weight excluding hydrogens is 226 g/mol. The van der Waals surface area contributed by atoms with Gasteiger partial charge in [-0.1, -0.05) is 0 Å². The number of aromatic nitrogens is 3. The first-order valence-electron chi connectivity index (χ1n) is 4.79. The number of nitrogens with two attached hydrogens (primary N) is 1. The predicted molar refractivity (Wildman–Crippen MR) is 62.4 cm³/mol. The molecule has 0 saturated carbocycles. The zero-order valence-corrected chi connectivity index (χ0v) is 10.2. The van der Waals surface area contributed by atoms with Crippen LogP contribution in [-0.2, 0) is 6.54 Å². The Hall–Kier alpha value is -1.47. The van der Waals surface area contributed by atoms with Gasteiger partial charge in [0.1, 0.15) is 9.88 Å². The van der Waals surface area contributed by atoms with Gasteiger partial charge < -0.3 is 15.2 Å². The van der Waals surface area contributed by atoms with E-state index < -0.39 is 0 Å². The van der Waals surface area contributed by atoms with Crippen LogP contribution in [0, 0.1) is 6.92 Å². The molecular formula is C9H13N5OS. The maximum Gasteiger partial charge on any atom is 0.271 e. The largest absolute Gasteiger partial charge is 0.344 e. The Morgan fingerprint density at radius 3 is 2.62 bits per heavy atom. The highest BCUT2D eigenvalue weighted by molar-refractivity contribution is 7.15. The smallest absolute Gasteiger partial charge is 0.271 e. The van der Waals surface area contributed by atoms with Crippen LogP contribution in [-0.4, -0.2) is 29.2 Å². The van der Waals surface area contributed by atoms with Crippen molar-refractivity contribution in [3.63, 3.8) is 0 Å². The van der Waals surface area contributed by atoms with Crippen LogP contribution in [0.2, 0.25) is 0 Å². The first-order chi connectivity index (χ1) is 7.61. The summed E-state index contributed by atoms with van der Waals surface area (Å²) < 4.78 is 5.18. The minimum atomic E-state index is 0.431. The minimum absolute atomic E-state index is 0.431. The molecule has 0 bridgehead atoms.